The molecule has 4 nitrogen and oxygen atoms in total. The van der Waals surface area contributed by atoms with Gasteiger partial charge in [0.25, 0.3) is 0 Å². The van der Waals surface area contributed by atoms with Crippen LogP contribution in [0.1, 0.15) is 12.7 Å². The number of imidazole rings is 1. The molecule has 0 aliphatic rings. The van der Waals surface area contributed by atoms with Gasteiger partial charge < -0.3 is 10.3 Å². The summed E-state index contributed by atoms with van der Waals surface area (Å²) in [7, 11) is 0. The van der Waals surface area contributed by atoms with Crippen molar-refractivity contribution in [2.24, 2.45) is 0 Å². The minimum Gasteiger partial charge on any atom is -0.340 e. The Morgan fingerprint density at radius 1 is 1.50 bits per heavy atom. The number of nitrogens with one attached hydrogen (secondary N) is 2. The second kappa shape index (κ2) is 4.22. The molecule has 0 bridgehead atoms. The summed E-state index contributed by atoms with van der Waals surface area (Å²) in [6.07, 6.45) is 3.63. The van der Waals surface area contributed by atoms with Crippen molar-refractivity contribution in [3.8, 4) is 0 Å². The molecule has 2 aromatic heterocycles. The Bertz CT molecular complexity index is 437. The Kier molecular flexibility index (Phi) is 2.97. The van der Waals surface area contributed by atoms with Gasteiger partial charge in [0.05, 0.1) is 21.8 Å². The van der Waals surface area contributed by atoms with Crippen LogP contribution < -0.4 is 5.32 Å². The molecule has 14 heavy (non-hydrogen) atoms. The van der Waals surface area contributed by atoms with E-state index in [1.165, 1.54) is 0 Å². The van der Waals surface area contributed by atoms with Gasteiger partial charge in [0.2, 0.25) is 0 Å². The maximum absolute atomic E-state index is 4.48. The van der Waals surface area contributed by atoms with Gasteiger partial charge in [-0.25, -0.2) is 4.98 Å². The van der Waals surface area contributed by atoms with E-state index in [1.54, 1.807) is 6.20 Å². The van der Waals surface area contributed by atoms with Gasteiger partial charge in [-0.1, -0.05) is 6.92 Å². The quantitative estimate of drug-likeness (QED) is 0.848. The largest absolute Gasteiger partial charge is 0.340 e. The molecule has 0 aliphatic heterocycles. The van der Waals surface area contributed by atoms with Crippen molar-refractivity contribution in [2.75, 3.05) is 6.54 Å². The zero-order chi connectivity index (χ0) is 9.97. The van der Waals surface area contributed by atoms with Gasteiger partial charge in [-0.05, 0) is 29.1 Å². The molecule has 2 heterocycles. The first-order valence-corrected chi connectivity index (χ1v) is 5.58. The van der Waals surface area contributed by atoms with E-state index >= 15 is 0 Å². The van der Waals surface area contributed by atoms with Gasteiger partial charge in [0, 0.05) is 6.20 Å². The number of aromatic amines is 1. The van der Waals surface area contributed by atoms with E-state index in [-0.39, 0.29) is 0 Å². The predicted molar refractivity (Wildman–Crippen MR) is 64.0 cm³/mol. The van der Waals surface area contributed by atoms with Crippen LogP contribution in [0.4, 0.5) is 0 Å². The Labute approximate surface area is 95.7 Å². The van der Waals surface area contributed by atoms with Gasteiger partial charge in [0.1, 0.15) is 11.3 Å². The molecule has 0 atom stereocenters. The number of pyridine rings is 1. The van der Waals surface area contributed by atoms with E-state index in [9.17, 15) is 0 Å². The molecule has 5 heteroatoms. The maximum atomic E-state index is 4.48. The Morgan fingerprint density at radius 3 is 3.07 bits per heavy atom. The topological polar surface area (TPSA) is 53.6 Å². The lowest BCUT2D eigenvalue weighted by Gasteiger charge is -1.94. The first-order chi connectivity index (χ1) is 6.81. The monoisotopic (exact) mass is 302 g/mol. The predicted octanol–water partition coefficient (Wildman–Crippen LogP) is 1.67. The molecule has 2 rings (SSSR count). The highest BCUT2D eigenvalue weighted by molar-refractivity contribution is 14.1. The number of hydrogen-bond donors (Lipinski definition) is 2. The van der Waals surface area contributed by atoms with E-state index in [4.69, 9.17) is 0 Å². The van der Waals surface area contributed by atoms with Crippen LogP contribution in [0.3, 0.4) is 0 Å². The van der Waals surface area contributed by atoms with E-state index in [0.29, 0.717) is 0 Å². The second-order valence-corrected chi connectivity index (χ2v) is 4.14. The first-order valence-electron chi connectivity index (χ1n) is 4.50. The second-order valence-electron chi connectivity index (χ2n) is 2.98. The van der Waals surface area contributed by atoms with Crippen LogP contribution in [0, 0.1) is 3.57 Å². The summed E-state index contributed by atoms with van der Waals surface area (Å²) in [5.74, 6) is 0.966. The highest BCUT2D eigenvalue weighted by Crippen LogP contribution is 2.16. The minimum absolute atomic E-state index is 0.779. The number of fused-ring (bicyclic) bond motifs is 1. The summed E-state index contributed by atoms with van der Waals surface area (Å²) in [6, 6.07) is 0. The van der Waals surface area contributed by atoms with Crippen LogP contribution >= 0.6 is 22.6 Å². The van der Waals surface area contributed by atoms with Crippen molar-refractivity contribution >= 4 is 33.6 Å². The molecular formula is C9H11IN4. The lowest BCUT2D eigenvalue weighted by atomic mass is 10.4. The molecule has 0 aromatic carbocycles. The van der Waals surface area contributed by atoms with Gasteiger partial charge in [0.15, 0.2) is 0 Å². The third-order valence-corrected chi connectivity index (χ3v) is 2.73. The molecule has 0 fully saturated rings. The summed E-state index contributed by atoms with van der Waals surface area (Å²) < 4.78 is 1.08. The number of H-pyrrole nitrogens is 1. The van der Waals surface area contributed by atoms with Crippen molar-refractivity contribution in [1.29, 1.82) is 0 Å². The van der Waals surface area contributed by atoms with E-state index < -0.39 is 0 Å². The van der Waals surface area contributed by atoms with Crippen LogP contribution in [0.25, 0.3) is 11.0 Å². The molecule has 0 spiro atoms. The van der Waals surface area contributed by atoms with Crippen molar-refractivity contribution in [1.82, 2.24) is 20.3 Å². The summed E-state index contributed by atoms with van der Waals surface area (Å²) in [6.45, 7) is 3.81. The van der Waals surface area contributed by atoms with Crippen molar-refractivity contribution in [3.05, 3.63) is 21.8 Å². The van der Waals surface area contributed by atoms with Crippen LogP contribution in [0.5, 0.6) is 0 Å². The van der Waals surface area contributed by atoms with Gasteiger partial charge in [-0.2, -0.15) is 0 Å². The zero-order valence-corrected chi connectivity index (χ0v) is 10.00. The molecule has 0 aliphatic carbocycles. The third-order valence-electron chi connectivity index (χ3n) is 1.94. The third kappa shape index (κ3) is 1.88. The van der Waals surface area contributed by atoms with Gasteiger partial charge in [-0.3, -0.25) is 4.98 Å². The standard InChI is InChI=1S/C9H11IN4/c1-2-11-5-8-13-7-4-12-3-6(10)9(7)14-8/h3-4,11H,2,5H2,1H3,(H,13,14). The average Bonchev–Trinajstić information content (AvgIpc) is 2.59. The zero-order valence-electron chi connectivity index (χ0n) is 7.84. The van der Waals surface area contributed by atoms with Crippen LogP contribution in [-0.2, 0) is 6.54 Å². The number of halogens is 1. The number of rotatable bonds is 3. The number of aromatic nitrogens is 3. The lowest BCUT2D eigenvalue weighted by molar-refractivity contribution is 0.700. The SMILES string of the molecule is CCNCc1nc2c(I)cncc2[nH]1. The molecule has 2 N–H and O–H groups in total. The van der Waals surface area contributed by atoms with E-state index in [2.05, 4.69) is 49.8 Å². The summed E-state index contributed by atoms with van der Waals surface area (Å²) in [5.41, 5.74) is 2.01. The molecule has 2 aromatic rings. The smallest absolute Gasteiger partial charge is 0.121 e. The van der Waals surface area contributed by atoms with E-state index in [1.807, 2.05) is 6.20 Å². The van der Waals surface area contributed by atoms with Crippen LogP contribution in [0.15, 0.2) is 12.4 Å². The Hall–Kier alpha value is -0.690. The fraction of sp³-hybridized carbons (Fsp3) is 0.333. The van der Waals surface area contributed by atoms with Crippen molar-refractivity contribution in [3.63, 3.8) is 0 Å². The highest BCUT2D eigenvalue weighted by atomic mass is 127. The molecular weight excluding hydrogens is 291 g/mol. The normalized spacial score (nSPS) is 11.0. The molecule has 0 saturated heterocycles. The van der Waals surface area contributed by atoms with Gasteiger partial charge >= 0.3 is 0 Å². The fourth-order valence-electron chi connectivity index (χ4n) is 1.28. The van der Waals surface area contributed by atoms with Gasteiger partial charge in [-0.15, -0.1) is 0 Å². The van der Waals surface area contributed by atoms with Crippen LogP contribution in [-0.4, -0.2) is 21.5 Å². The first kappa shape index (κ1) is 9.85. The molecule has 0 unspecified atom stereocenters. The molecule has 0 amide bonds. The fourth-order valence-corrected chi connectivity index (χ4v) is 1.85. The highest BCUT2D eigenvalue weighted by Gasteiger charge is 2.04. The van der Waals surface area contributed by atoms with Crippen LogP contribution in [0.2, 0.25) is 0 Å². The minimum atomic E-state index is 0.779. The summed E-state index contributed by atoms with van der Waals surface area (Å²) in [4.78, 5) is 11.8. The summed E-state index contributed by atoms with van der Waals surface area (Å²) in [5, 5.41) is 3.23. The van der Waals surface area contributed by atoms with Crippen molar-refractivity contribution in [2.45, 2.75) is 13.5 Å². The van der Waals surface area contributed by atoms with E-state index in [0.717, 1.165) is 33.5 Å². The number of nitrogens with zero attached hydrogens (tertiary/aromatic N) is 2. The Balaban J connectivity index is 2.36. The summed E-state index contributed by atoms with van der Waals surface area (Å²) >= 11 is 2.24. The molecule has 0 saturated carbocycles. The lowest BCUT2D eigenvalue weighted by Crippen LogP contribution is -2.12. The maximum Gasteiger partial charge on any atom is 0.121 e. The average molecular weight is 302 g/mol. The molecule has 74 valence electrons. The Morgan fingerprint density at radius 2 is 2.36 bits per heavy atom. The molecule has 0 radical (unpaired) electrons. The van der Waals surface area contributed by atoms with Crippen molar-refractivity contribution < 1.29 is 0 Å². The number of hydrogen-bond acceptors (Lipinski definition) is 3.